The van der Waals surface area contributed by atoms with Gasteiger partial charge in [-0.1, -0.05) is 83.9 Å². The number of amides is 1. The van der Waals surface area contributed by atoms with Crippen molar-refractivity contribution in [1.82, 2.24) is 5.43 Å². The molecule has 0 spiro atoms. The van der Waals surface area contributed by atoms with Gasteiger partial charge in [0, 0.05) is 26.9 Å². The molecule has 0 saturated carbocycles. The Bertz CT molecular complexity index is 1550. The lowest BCUT2D eigenvalue weighted by molar-refractivity contribution is 0.0955. The number of hydrazone groups is 1. The van der Waals surface area contributed by atoms with Crippen LogP contribution in [0.15, 0.2) is 96.1 Å². The second kappa shape index (κ2) is 10.4. The standard InChI is InChI=1S/C30H22Cl2N2O2/c1-19-16-22(14-15-28(19)31)36-18-20-10-12-21(13-11-20)30(35)34-33-17-27-23-6-2-4-8-25(23)29(32)26-9-5-3-7-24(26)27/h2-17H,18H2,1H3,(H,34,35)/b33-17+. The lowest BCUT2D eigenvalue weighted by Gasteiger charge is -2.10. The normalized spacial score (nSPS) is 11.3. The van der Waals surface area contributed by atoms with Crippen molar-refractivity contribution in [2.45, 2.75) is 13.5 Å². The minimum atomic E-state index is -0.297. The smallest absolute Gasteiger partial charge is 0.271 e. The summed E-state index contributed by atoms with van der Waals surface area (Å²) in [4.78, 5) is 12.7. The van der Waals surface area contributed by atoms with Crippen LogP contribution in [0.5, 0.6) is 5.75 Å². The highest BCUT2D eigenvalue weighted by atomic mass is 35.5. The molecule has 0 aliphatic heterocycles. The molecule has 0 heterocycles. The Kier molecular flexibility index (Phi) is 6.90. The number of nitrogens with one attached hydrogen (secondary N) is 1. The van der Waals surface area contributed by atoms with Gasteiger partial charge in [0.15, 0.2) is 0 Å². The van der Waals surface area contributed by atoms with Crippen LogP contribution in [0, 0.1) is 6.92 Å². The predicted octanol–water partition coefficient (Wildman–Crippen LogP) is 7.95. The van der Waals surface area contributed by atoms with E-state index in [9.17, 15) is 4.79 Å². The zero-order chi connectivity index (χ0) is 25.1. The molecule has 4 nitrogen and oxygen atoms in total. The SMILES string of the molecule is Cc1cc(OCc2ccc(C(=O)N/N=C/c3c4ccccc4c(Cl)c4ccccc34)cc2)ccc1Cl. The van der Waals surface area contributed by atoms with Crippen molar-refractivity contribution in [3.05, 3.63) is 123 Å². The Morgan fingerprint density at radius 2 is 1.47 bits per heavy atom. The largest absolute Gasteiger partial charge is 0.489 e. The van der Waals surface area contributed by atoms with Crippen molar-refractivity contribution in [2.24, 2.45) is 5.10 Å². The summed E-state index contributed by atoms with van der Waals surface area (Å²) in [5, 5.41) is 9.50. The number of hydrogen-bond donors (Lipinski definition) is 1. The van der Waals surface area contributed by atoms with Crippen LogP contribution in [0.3, 0.4) is 0 Å². The van der Waals surface area contributed by atoms with E-state index in [-0.39, 0.29) is 5.91 Å². The van der Waals surface area contributed by atoms with Crippen molar-refractivity contribution in [3.63, 3.8) is 0 Å². The maximum absolute atomic E-state index is 12.7. The van der Waals surface area contributed by atoms with Crippen LogP contribution in [-0.4, -0.2) is 12.1 Å². The Balaban J connectivity index is 1.30. The van der Waals surface area contributed by atoms with Crippen molar-refractivity contribution in [1.29, 1.82) is 0 Å². The molecule has 0 aromatic heterocycles. The molecule has 0 radical (unpaired) electrons. The summed E-state index contributed by atoms with van der Waals surface area (Å²) in [7, 11) is 0. The first-order valence-corrected chi connectivity index (χ1v) is 12.2. The van der Waals surface area contributed by atoms with Gasteiger partial charge in [-0.25, -0.2) is 5.43 Å². The highest BCUT2D eigenvalue weighted by Gasteiger charge is 2.11. The van der Waals surface area contributed by atoms with Gasteiger partial charge in [0.25, 0.3) is 5.91 Å². The predicted molar refractivity (Wildman–Crippen MR) is 148 cm³/mol. The number of ether oxygens (including phenoxy) is 1. The molecule has 5 rings (SSSR count). The van der Waals surface area contributed by atoms with Gasteiger partial charge >= 0.3 is 0 Å². The molecule has 0 unspecified atom stereocenters. The average molecular weight is 513 g/mol. The van der Waals surface area contributed by atoms with E-state index in [1.807, 2.05) is 85.8 Å². The first kappa shape index (κ1) is 23.9. The summed E-state index contributed by atoms with van der Waals surface area (Å²) < 4.78 is 5.83. The first-order valence-electron chi connectivity index (χ1n) is 11.4. The van der Waals surface area contributed by atoms with Crippen LogP contribution in [0.1, 0.15) is 27.0 Å². The second-order valence-corrected chi connectivity index (χ2v) is 9.20. The van der Waals surface area contributed by atoms with E-state index < -0.39 is 0 Å². The van der Waals surface area contributed by atoms with Crippen LogP contribution >= 0.6 is 23.2 Å². The molecule has 0 bridgehead atoms. The van der Waals surface area contributed by atoms with Crippen LogP contribution in [0.2, 0.25) is 10.0 Å². The van der Waals surface area contributed by atoms with Gasteiger partial charge in [0.1, 0.15) is 12.4 Å². The van der Waals surface area contributed by atoms with E-state index in [0.717, 1.165) is 44.0 Å². The van der Waals surface area contributed by atoms with E-state index in [2.05, 4.69) is 10.5 Å². The number of carbonyl (C=O) groups excluding carboxylic acids is 1. The molecular weight excluding hydrogens is 491 g/mol. The number of carbonyl (C=O) groups is 1. The molecule has 0 saturated heterocycles. The van der Waals surface area contributed by atoms with Gasteiger partial charge in [-0.2, -0.15) is 5.10 Å². The zero-order valence-electron chi connectivity index (χ0n) is 19.5. The number of rotatable bonds is 6. The minimum absolute atomic E-state index is 0.297. The number of benzene rings is 5. The van der Waals surface area contributed by atoms with E-state index >= 15 is 0 Å². The maximum Gasteiger partial charge on any atom is 0.271 e. The Labute approximate surface area is 219 Å². The van der Waals surface area contributed by atoms with E-state index in [1.165, 1.54) is 0 Å². The van der Waals surface area contributed by atoms with Gasteiger partial charge in [0.05, 0.1) is 11.2 Å². The highest BCUT2D eigenvalue weighted by molar-refractivity contribution is 6.42. The van der Waals surface area contributed by atoms with Crippen LogP contribution in [0.4, 0.5) is 0 Å². The van der Waals surface area contributed by atoms with Crippen molar-refractivity contribution in [3.8, 4) is 5.75 Å². The molecule has 0 aliphatic carbocycles. The minimum Gasteiger partial charge on any atom is -0.489 e. The molecule has 5 aromatic rings. The molecular formula is C30H22Cl2N2O2. The molecule has 1 N–H and O–H groups in total. The van der Waals surface area contributed by atoms with Gasteiger partial charge in [-0.15, -0.1) is 0 Å². The summed E-state index contributed by atoms with van der Waals surface area (Å²) in [5.74, 6) is 0.449. The fraction of sp³-hybridized carbons (Fsp3) is 0.0667. The Hall–Kier alpha value is -3.86. The average Bonchev–Trinajstić information content (AvgIpc) is 2.91. The van der Waals surface area contributed by atoms with Crippen molar-refractivity contribution in [2.75, 3.05) is 0 Å². The maximum atomic E-state index is 12.7. The summed E-state index contributed by atoms with van der Waals surface area (Å²) in [5.41, 5.74) is 5.94. The third-order valence-corrected chi connectivity index (χ3v) is 6.85. The summed E-state index contributed by atoms with van der Waals surface area (Å²) in [6.45, 7) is 2.32. The van der Waals surface area contributed by atoms with Gasteiger partial charge in [-0.3, -0.25) is 4.79 Å². The lowest BCUT2D eigenvalue weighted by Crippen LogP contribution is -2.17. The van der Waals surface area contributed by atoms with Gasteiger partial charge in [-0.05, 0) is 59.2 Å². The number of halogens is 2. The van der Waals surface area contributed by atoms with E-state index in [1.54, 1.807) is 18.3 Å². The van der Waals surface area contributed by atoms with Crippen LogP contribution in [-0.2, 0) is 6.61 Å². The summed E-state index contributed by atoms with van der Waals surface area (Å²) >= 11 is 12.7. The number of aryl methyl sites for hydroxylation is 1. The number of hydrogen-bond acceptors (Lipinski definition) is 3. The topological polar surface area (TPSA) is 50.7 Å². The monoisotopic (exact) mass is 512 g/mol. The third-order valence-electron chi connectivity index (χ3n) is 6.02. The highest BCUT2D eigenvalue weighted by Crippen LogP contribution is 2.35. The lowest BCUT2D eigenvalue weighted by atomic mass is 9.97. The van der Waals surface area contributed by atoms with E-state index in [0.29, 0.717) is 22.2 Å². The zero-order valence-corrected chi connectivity index (χ0v) is 21.0. The Morgan fingerprint density at radius 3 is 2.08 bits per heavy atom. The quantitative estimate of drug-likeness (QED) is 0.142. The van der Waals surface area contributed by atoms with Gasteiger partial charge in [0.2, 0.25) is 0 Å². The molecule has 178 valence electrons. The van der Waals surface area contributed by atoms with Crippen molar-refractivity contribution >= 4 is 56.9 Å². The fourth-order valence-electron chi connectivity index (χ4n) is 4.09. The number of nitrogens with zero attached hydrogens (tertiary/aromatic N) is 1. The second-order valence-electron chi connectivity index (χ2n) is 8.41. The molecule has 1 amide bonds. The van der Waals surface area contributed by atoms with Crippen LogP contribution < -0.4 is 10.2 Å². The summed E-state index contributed by atoms with van der Waals surface area (Å²) in [6, 6.07) is 28.6. The Morgan fingerprint density at radius 1 is 0.861 bits per heavy atom. The molecule has 6 heteroatoms. The van der Waals surface area contributed by atoms with Crippen molar-refractivity contribution < 1.29 is 9.53 Å². The molecule has 0 aliphatic rings. The summed E-state index contributed by atoms with van der Waals surface area (Å²) in [6.07, 6.45) is 1.68. The molecule has 0 fully saturated rings. The number of fused-ring (bicyclic) bond motifs is 2. The molecule has 5 aromatic carbocycles. The first-order chi connectivity index (χ1) is 17.5. The fourth-order valence-corrected chi connectivity index (χ4v) is 4.54. The molecule has 36 heavy (non-hydrogen) atoms. The van der Waals surface area contributed by atoms with Gasteiger partial charge < -0.3 is 4.74 Å². The molecule has 0 atom stereocenters. The van der Waals surface area contributed by atoms with Crippen LogP contribution in [0.25, 0.3) is 21.5 Å². The van der Waals surface area contributed by atoms with E-state index in [4.69, 9.17) is 27.9 Å². The third kappa shape index (κ3) is 4.92.